The van der Waals surface area contributed by atoms with E-state index in [0.29, 0.717) is 11.4 Å². The van der Waals surface area contributed by atoms with Crippen LogP contribution in [-0.4, -0.2) is 24.6 Å². The topological polar surface area (TPSA) is 64.6 Å². The quantitative estimate of drug-likeness (QED) is 0.507. The van der Waals surface area contributed by atoms with Gasteiger partial charge in [0.15, 0.2) is 12.7 Å². The van der Waals surface area contributed by atoms with E-state index in [4.69, 9.17) is 9.47 Å². The number of benzene rings is 3. The largest absolute Gasteiger partial charge is 0.482 e. The van der Waals surface area contributed by atoms with Crippen LogP contribution in [0.15, 0.2) is 83.3 Å². The molecule has 0 aliphatic rings. The molecule has 1 unspecified atom stereocenters. The fourth-order valence-electron chi connectivity index (χ4n) is 2.68. The molecular weight excluding hydrogens is 434 g/mol. The van der Waals surface area contributed by atoms with Crippen molar-refractivity contribution >= 4 is 33.5 Å². The fraction of sp³-hybridized carbons (Fsp3) is 0.130. The van der Waals surface area contributed by atoms with E-state index in [9.17, 15) is 9.59 Å². The van der Waals surface area contributed by atoms with E-state index in [1.807, 2.05) is 60.7 Å². The minimum Gasteiger partial charge on any atom is -0.482 e. The van der Waals surface area contributed by atoms with Gasteiger partial charge >= 0.3 is 5.97 Å². The van der Waals surface area contributed by atoms with Crippen LogP contribution < -0.4 is 10.1 Å². The van der Waals surface area contributed by atoms with Crippen LogP contribution in [0.1, 0.15) is 6.92 Å². The van der Waals surface area contributed by atoms with Crippen LogP contribution in [0.4, 0.5) is 5.69 Å². The summed E-state index contributed by atoms with van der Waals surface area (Å²) in [7, 11) is 0. The van der Waals surface area contributed by atoms with Crippen LogP contribution in [0, 0.1) is 0 Å². The second-order valence-electron chi connectivity index (χ2n) is 6.28. The standard InChI is InChI=1S/C23H20BrNO4/c1-16(29-22(26)15-28-19-11-7-10-18(24)14-19)23(27)25-21-13-6-5-12-20(21)17-8-3-2-4-9-17/h2-14,16H,15H2,1H3,(H,25,27). The van der Waals surface area contributed by atoms with Gasteiger partial charge in [-0.05, 0) is 36.8 Å². The highest BCUT2D eigenvalue weighted by molar-refractivity contribution is 9.10. The number of para-hydroxylation sites is 1. The van der Waals surface area contributed by atoms with E-state index in [2.05, 4.69) is 21.2 Å². The van der Waals surface area contributed by atoms with Crippen LogP contribution in [-0.2, 0) is 14.3 Å². The van der Waals surface area contributed by atoms with Gasteiger partial charge in [0, 0.05) is 15.7 Å². The molecule has 0 saturated heterocycles. The zero-order chi connectivity index (χ0) is 20.6. The summed E-state index contributed by atoms with van der Waals surface area (Å²) >= 11 is 3.33. The van der Waals surface area contributed by atoms with Gasteiger partial charge in [-0.2, -0.15) is 0 Å². The first-order chi connectivity index (χ1) is 14.0. The second-order valence-corrected chi connectivity index (χ2v) is 7.19. The molecule has 29 heavy (non-hydrogen) atoms. The molecular formula is C23H20BrNO4. The molecule has 0 aliphatic heterocycles. The normalized spacial score (nSPS) is 11.4. The van der Waals surface area contributed by atoms with E-state index < -0.39 is 18.0 Å². The van der Waals surface area contributed by atoms with Gasteiger partial charge in [-0.3, -0.25) is 4.79 Å². The number of rotatable bonds is 7. The van der Waals surface area contributed by atoms with Crippen LogP contribution in [0.3, 0.4) is 0 Å². The van der Waals surface area contributed by atoms with Crippen LogP contribution in [0.25, 0.3) is 11.1 Å². The molecule has 5 nitrogen and oxygen atoms in total. The highest BCUT2D eigenvalue weighted by Crippen LogP contribution is 2.27. The molecule has 3 aromatic carbocycles. The SMILES string of the molecule is CC(OC(=O)COc1cccc(Br)c1)C(=O)Nc1ccccc1-c1ccccc1. The molecule has 3 rings (SSSR count). The predicted molar refractivity (Wildman–Crippen MR) is 116 cm³/mol. The molecule has 1 atom stereocenters. The van der Waals surface area contributed by atoms with E-state index in [0.717, 1.165) is 15.6 Å². The summed E-state index contributed by atoms with van der Waals surface area (Å²) < 4.78 is 11.4. The zero-order valence-corrected chi connectivity index (χ0v) is 17.4. The first-order valence-corrected chi connectivity index (χ1v) is 9.85. The third-order valence-electron chi connectivity index (χ3n) is 4.10. The average molecular weight is 454 g/mol. The van der Waals surface area contributed by atoms with Crippen molar-refractivity contribution in [2.75, 3.05) is 11.9 Å². The van der Waals surface area contributed by atoms with Gasteiger partial charge in [-0.25, -0.2) is 4.79 Å². The van der Waals surface area contributed by atoms with Crippen molar-refractivity contribution in [1.29, 1.82) is 0 Å². The maximum atomic E-state index is 12.5. The number of carbonyl (C=O) groups excluding carboxylic acids is 2. The summed E-state index contributed by atoms with van der Waals surface area (Å²) in [6.07, 6.45) is -0.961. The van der Waals surface area contributed by atoms with Crippen molar-refractivity contribution in [2.24, 2.45) is 0 Å². The van der Waals surface area contributed by atoms with Gasteiger partial charge in [0.1, 0.15) is 5.75 Å². The number of esters is 1. The van der Waals surface area contributed by atoms with Crippen LogP contribution in [0.2, 0.25) is 0 Å². The molecule has 0 bridgehead atoms. The minimum absolute atomic E-state index is 0.283. The summed E-state index contributed by atoms with van der Waals surface area (Å²) in [5.74, 6) is -0.502. The maximum Gasteiger partial charge on any atom is 0.344 e. The molecule has 0 heterocycles. The summed E-state index contributed by atoms with van der Waals surface area (Å²) in [5.41, 5.74) is 2.52. The first kappa shape index (κ1) is 20.6. The van der Waals surface area contributed by atoms with Crippen molar-refractivity contribution in [3.05, 3.63) is 83.3 Å². The summed E-state index contributed by atoms with van der Waals surface area (Å²) in [6.45, 7) is 1.24. The summed E-state index contributed by atoms with van der Waals surface area (Å²) in [4.78, 5) is 24.5. The first-order valence-electron chi connectivity index (χ1n) is 9.06. The van der Waals surface area contributed by atoms with Gasteiger partial charge in [-0.1, -0.05) is 70.5 Å². The molecule has 0 spiro atoms. The Morgan fingerprint density at radius 3 is 2.45 bits per heavy atom. The Morgan fingerprint density at radius 1 is 0.966 bits per heavy atom. The molecule has 6 heteroatoms. The Morgan fingerprint density at radius 2 is 1.69 bits per heavy atom. The van der Waals surface area contributed by atoms with Crippen molar-refractivity contribution in [2.45, 2.75) is 13.0 Å². The average Bonchev–Trinajstić information content (AvgIpc) is 2.73. The Kier molecular flexibility index (Phi) is 7.03. The summed E-state index contributed by atoms with van der Waals surface area (Å²) in [5, 5.41) is 2.83. The van der Waals surface area contributed by atoms with E-state index >= 15 is 0 Å². The highest BCUT2D eigenvalue weighted by atomic mass is 79.9. The number of hydrogen-bond donors (Lipinski definition) is 1. The van der Waals surface area contributed by atoms with E-state index in [-0.39, 0.29) is 6.61 Å². The minimum atomic E-state index is -0.961. The Labute approximate surface area is 177 Å². The van der Waals surface area contributed by atoms with Gasteiger partial charge < -0.3 is 14.8 Å². The fourth-order valence-corrected chi connectivity index (χ4v) is 3.06. The lowest BCUT2D eigenvalue weighted by atomic mass is 10.0. The van der Waals surface area contributed by atoms with Crippen molar-refractivity contribution in [1.82, 2.24) is 0 Å². The molecule has 148 valence electrons. The molecule has 0 aliphatic carbocycles. The lowest BCUT2D eigenvalue weighted by molar-refractivity contribution is -0.155. The molecule has 0 saturated carbocycles. The molecule has 1 N–H and O–H groups in total. The van der Waals surface area contributed by atoms with Crippen molar-refractivity contribution < 1.29 is 19.1 Å². The van der Waals surface area contributed by atoms with Gasteiger partial charge in [0.05, 0.1) is 0 Å². The Bertz CT molecular complexity index is 991. The van der Waals surface area contributed by atoms with Crippen LogP contribution >= 0.6 is 15.9 Å². The molecule has 3 aromatic rings. The number of carbonyl (C=O) groups is 2. The smallest absolute Gasteiger partial charge is 0.344 e. The maximum absolute atomic E-state index is 12.5. The lowest BCUT2D eigenvalue weighted by Crippen LogP contribution is -2.31. The molecule has 0 radical (unpaired) electrons. The Balaban J connectivity index is 1.58. The van der Waals surface area contributed by atoms with E-state index in [1.54, 1.807) is 18.2 Å². The predicted octanol–water partition coefficient (Wildman–Crippen LogP) is 5.07. The second kappa shape index (κ2) is 9.89. The molecule has 0 aromatic heterocycles. The van der Waals surface area contributed by atoms with Crippen molar-refractivity contribution in [3.8, 4) is 16.9 Å². The number of halogens is 1. The zero-order valence-electron chi connectivity index (χ0n) is 15.8. The monoisotopic (exact) mass is 453 g/mol. The number of nitrogens with one attached hydrogen (secondary N) is 1. The number of amides is 1. The van der Waals surface area contributed by atoms with E-state index in [1.165, 1.54) is 6.92 Å². The molecule has 1 amide bonds. The van der Waals surface area contributed by atoms with Gasteiger partial charge in [0.2, 0.25) is 0 Å². The summed E-state index contributed by atoms with van der Waals surface area (Å²) in [6, 6.07) is 24.3. The number of anilines is 1. The Hall–Kier alpha value is -3.12. The third kappa shape index (κ3) is 5.93. The number of ether oxygens (including phenoxy) is 2. The van der Waals surface area contributed by atoms with Gasteiger partial charge in [0.25, 0.3) is 5.91 Å². The van der Waals surface area contributed by atoms with Crippen LogP contribution in [0.5, 0.6) is 5.75 Å². The number of hydrogen-bond acceptors (Lipinski definition) is 4. The lowest BCUT2D eigenvalue weighted by Gasteiger charge is -2.16. The van der Waals surface area contributed by atoms with Crippen molar-refractivity contribution in [3.63, 3.8) is 0 Å². The van der Waals surface area contributed by atoms with Gasteiger partial charge in [-0.15, -0.1) is 0 Å². The molecule has 0 fully saturated rings. The highest BCUT2D eigenvalue weighted by Gasteiger charge is 2.19. The third-order valence-corrected chi connectivity index (χ3v) is 4.59.